The zero-order valence-electron chi connectivity index (χ0n) is 14.0. The van der Waals surface area contributed by atoms with Gasteiger partial charge in [-0.05, 0) is 18.2 Å². The van der Waals surface area contributed by atoms with Gasteiger partial charge in [0.15, 0.2) is 5.13 Å². The molecule has 0 aliphatic heterocycles. The monoisotopic (exact) mass is 404 g/mol. The summed E-state index contributed by atoms with van der Waals surface area (Å²) in [7, 11) is 0. The molecule has 0 fully saturated rings. The lowest BCUT2D eigenvalue weighted by Gasteiger charge is -2.18. The molecule has 0 unspecified atom stereocenters. The number of halogens is 1. The highest BCUT2D eigenvalue weighted by atomic mass is 35.5. The van der Waals surface area contributed by atoms with Crippen molar-refractivity contribution < 1.29 is 9.72 Å². The Balaban J connectivity index is 1.92. The molecule has 1 aromatic carbocycles. The molecule has 3 rings (SSSR count). The minimum atomic E-state index is -0.570. The first-order valence-corrected chi connectivity index (χ1v) is 8.96. The number of hydrogen-bond donors (Lipinski definition) is 0. The van der Waals surface area contributed by atoms with E-state index in [0.29, 0.717) is 21.5 Å². The second kappa shape index (κ2) is 7.68. The van der Waals surface area contributed by atoms with Crippen molar-refractivity contribution in [3.05, 3.63) is 79.2 Å². The topological polar surface area (TPSA) is 98.3 Å². The molecular formula is C17H13ClN4O4S. The number of benzene rings is 1. The fourth-order valence-electron chi connectivity index (χ4n) is 2.44. The molecule has 0 spiro atoms. The van der Waals surface area contributed by atoms with Crippen LogP contribution in [0.4, 0.5) is 16.5 Å². The van der Waals surface area contributed by atoms with Gasteiger partial charge in [0.1, 0.15) is 0 Å². The number of carbonyl (C=O) groups is 1. The van der Waals surface area contributed by atoms with E-state index in [0.717, 1.165) is 12.1 Å². The molecule has 0 saturated heterocycles. The normalized spacial score (nSPS) is 10.6. The van der Waals surface area contributed by atoms with Crippen LogP contribution in [0.25, 0.3) is 0 Å². The van der Waals surface area contributed by atoms with Gasteiger partial charge in [-0.2, -0.15) is 0 Å². The number of anilines is 2. The van der Waals surface area contributed by atoms with E-state index in [-0.39, 0.29) is 23.7 Å². The Morgan fingerprint density at radius 2 is 2.15 bits per heavy atom. The van der Waals surface area contributed by atoms with Crippen LogP contribution in [0.1, 0.15) is 12.6 Å². The highest BCUT2D eigenvalue weighted by Crippen LogP contribution is 2.30. The van der Waals surface area contributed by atoms with Gasteiger partial charge in [0.05, 0.1) is 29.0 Å². The van der Waals surface area contributed by atoms with Crippen LogP contribution in [-0.2, 0) is 11.3 Å². The summed E-state index contributed by atoms with van der Waals surface area (Å²) in [4.78, 5) is 40.2. The van der Waals surface area contributed by atoms with Crippen molar-refractivity contribution in [2.45, 2.75) is 13.5 Å². The summed E-state index contributed by atoms with van der Waals surface area (Å²) in [5.74, 6) is -0.245. The zero-order valence-corrected chi connectivity index (χ0v) is 15.6. The summed E-state index contributed by atoms with van der Waals surface area (Å²) in [6.45, 7) is 1.46. The van der Waals surface area contributed by atoms with Crippen molar-refractivity contribution in [2.75, 3.05) is 4.90 Å². The average Bonchev–Trinajstić information content (AvgIpc) is 3.04. The third-order valence-electron chi connectivity index (χ3n) is 3.62. The van der Waals surface area contributed by atoms with Gasteiger partial charge in [0, 0.05) is 29.5 Å². The maximum atomic E-state index is 12.1. The lowest BCUT2D eigenvalue weighted by Crippen LogP contribution is -2.23. The third-order valence-corrected chi connectivity index (χ3v) is 4.73. The summed E-state index contributed by atoms with van der Waals surface area (Å²) in [6, 6.07) is 9.10. The number of rotatable bonds is 5. The molecule has 10 heteroatoms. The van der Waals surface area contributed by atoms with E-state index in [1.54, 1.807) is 29.6 Å². The minimum absolute atomic E-state index is 0.0539. The van der Waals surface area contributed by atoms with Crippen LogP contribution < -0.4 is 10.5 Å². The third kappa shape index (κ3) is 4.21. The second-order valence-corrected chi connectivity index (χ2v) is 6.84. The Bertz CT molecular complexity index is 1080. The lowest BCUT2D eigenvalue weighted by molar-refractivity contribution is -0.385. The zero-order chi connectivity index (χ0) is 19.6. The lowest BCUT2D eigenvalue weighted by atomic mass is 10.3. The van der Waals surface area contributed by atoms with Gasteiger partial charge in [0.2, 0.25) is 5.91 Å². The van der Waals surface area contributed by atoms with Crippen LogP contribution in [0.3, 0.4) is 0 Å². The van der Waals surface area contributed by atoms with Crippen LogP contribution in [0.2, 0.25) is 5.02 Å². The first-order chi connectivity index (χ1) is 12.8. The van der Waals surface area contributed by atoms with Crippen molar-refractivity contribution in [2.24, 2.45) is 0 Å². The summed E-state index contributed by atoms with van der Waals surface area (Å²) in [5, 5.41) is 13.5. The summed E-state index contributed by atoms with van der Waals surface area (Å²) in [6.07, 6.45) is 1.17. The van der Waals surface area contributed by atoms with E-state index in [1.165, 1.54) is 33.9 Å². The standard InChI is InChI=1S/C17H13ClN4O4S/c1-11(23)21(14-4-2-3-12(18)7-14)17-19-13(10-27-17)8-20-9-15(22(25)26)5-6-16(20)24/h2-7,9-10H,8H2,1H3. The van der Waals surface area contributed by atoms with E-state index in [4.69, 9.17) is 11.6 Å². The molecule has 0 atom stereocenters. The van der Waals surface area contributed by atoms with Gasteiger partial charge < -0.3 is 4.57 Å². The Morgan fingerprint density at radius 3 is 2.81 bits per heavy atom. The molecule has 0 bridgehead atoms. The predicted molar refractivity (Wildman–Crippen MR) is 103 cm³/mol. The van der Waals surface area contributed by atoms with Gasteiger partial charge in [-0.15, -0.1) is 11.3 Å². The fourth-order valence-corrected chi connectivity index (χ4v) is 3.50. The number of thiazole rings is 1. The van der Waals surface area contributed by atoms with Gasteiger partial charge in [-0.25, -0.2) is 4.98 Å². The van der Waals surface area contributed by atoms with Crippen LogP contribution in [0.15, 0.2) is 52.8 Å². The van der Waals surface area contributed by atoms with Crippen molar-refractivity contribution in [1.82, 2.24) is 9.55 Å². The molecular weight excluding hydrogens is 392 g/mol. The van der Waals surface area contributed by atoms with Crippen LogP contribution in [-0.4, -0.2) is 20.4 Å². The highest BCUT2D eigenvalue weighted by molar-refractivity contribution is 7.14. The minimum Gasteiger partial charge on any atom is -0.303 e. The van der Waals surface area contributed by atoms with Crippen LogP contribution in [0.5, 0.6) is 0 Å². The number of hydrogen-bond acceptors (Lipinski definition) is 6. The molecule has 2 aromatic heterocycles. The number of pyridine rings is 1. The maximum absolute atomic E-state index is 12.1. The summed E-state index contributed by atoms with van der Waals surface area (Å²) in [5.41, 5.74) is 0.511. The van der Waals surface area contributed by atoms with Crippen molar-refractivity contribution in [1.29, 1.82) is 0 Å². The smallest absolute Gasteiger partial charge is 0.285 e. The molecule has 138 valence electrons. The van der Waals surface area contributed by atoms with Crippen molar-refractivity contribution >= 4 is 45.4 Å². The first kappa shape index (κ1) is 18.7. The molecule has 27 heavy (non-hydrogen) atoms. The van der Waals surface area contributed by atoms with Gasteiger partial charge in [0.25, 0.3) is 11.2 Å². The van der Waals surface area contributed by atoms with Crippen LogP contribution >= 0.6 is 22.9 Å². The Morgan fingerprint density at radius 1 is 1.37 bits per heavy atom. The quantitative estimate of drug-likeness (QED) is 0.478. The number of nitro groups is 1. The molecule has 0 N–H and O–H groups in total. The number of nitrogens with zero attached hydrogens (tertiary/aromatic N) is 4. The van der Waals surface area contributed by atoms with Crippen molar-refractivity contribution in [3.8, 4) is 0 Å². The van der Waals surface area contributed by atoms with Crippen molar-refractivity contribution in [3.63, 3.8) is 0 Å². The van der Waals surface area contributed by atoms with E-state index in [2.05, 4.69) is 4.98 Å². The molecule has 8 nitrogen and oxygen atoms in total. The summed E-state index contributed by atoms with van der Waals surface area (Å²) >= 11 is 7.23. The largest absolute Gasteiger partial charge is 0.303 e. The van der Waals surface area contributed by atoms with Gasteiger partial charge in [-0.1, -0.05) is 17.7 Å². The van der Waals surface area contributed by atoms with E-state index in [9.17, 15) is 19.7 Å². The fraction of sp³-hybridized carbons (Fsp3) is 0.118. The van der Waals surface area contributed by atoms with Crippen LogP contribution in [0, 0.1) is 10.1 Å². The Hall–Kier alpha value is -3.04. The number of amides is 1. The summed E-state index contributed by atoms with van der Waals surface area (Å²) < 4.78 is 1.20. The number of aromatic nitrogens is 2. The second-order valence-electron chi connectivity index (χ2n) is 5.57. The van der Waals surface area contributed by atoms with E-state index in [1.807, 2.05) is 0 Å². The molecule has 0 radical (unpaired) electrons. The molecule has 0 saturated carbocycles. The molecule has 1 amide bonds. The highest BCUT2D eigenvalue weighted by Gasteiger charge is 2.18. The molecule has 3 aromatic rings. The van der Waals surface area contributed by atoms with E-state index < -0.39 is 4.92 Å². The van der Waals surface area contributed by atoms with E-state index >= 15 is 0 Å². The first-order valence-electron chi connectivity index (χ1n) is 7.70. The molecule has 2 heterocycles. The average molecular weight is 405 g/mol. The Kier molecular flexibility index (Phi) is 5.33. The Labute approximate surface area is 162 Å². The SMILES string of the molecule is CC(=O)N(c1cccc(Cl)c1)c1nc(Cn2cc([N+](=O)[O-])ccc2=O)cs1. The number of carbonyl (C=O) groups excluding carboxylic acids is 1. The van der Waals surface area contributed by atoms with Gasteiger partial charge >= 0.3 is 0 Å². The maximum Gasteiger partial charge on any atom is 0.285 e. The predicted octanol–water partition coefficient (Wildman–Crippen LogP) is 3.60. The molecule has 0 aliphatic rings. The van der Waals surface area contributed by atoms with Gasteiger partial charge in [-0.3, -0.25) is 24.6 Å². The molecule has 0 aliphatic carbocycles.